The van der Waals surface area contributed by atoms with E-state index in [0.717, 1.165) is 11.1 Å². The van der Waals surface area contributed by atoms with Crippen molar-refractivity contribution in [2.75, 3.05) is 12.4 Å². The maximum Gasteiger partial charge on any atom is 0.412 e. The van der Waals surface area contributed by atoms with E-state index in [1.54, 1.807) is 45.9 Å². The number of nitrogens with one attached hydrogen (secondary N) is 2. The van der Waals surface area contributed by atoms with Crippen LogP contribution in [0, 0.1) is 6.92 Å². The Labute approximate surface area is 187 Å². The molecular weight excluding hydrogens is 412 g/mol. The van der Waals surface area contributed by atoms with Crippen molar-refractivity contribution in [3.8, 4) is 0 Å². The van der Waals surface area contributed by atoms with Crippen molar-refractivity contribution in [1.82, 2.24) is 5.32 Å². The van der Waals surface area contributed by atoms with Gasteiger partial charge < -0.3 is 14.2 Å². The number of carbonyl (C=O) groups excluding carboxylic acids is 3. The fraction of sp³-hybridized carbons (Fsp3) is 0.292. The van der Waals surface area contributed by atoms with Crippen molar-refractivity contribution in [2.45, 2.75) is 39.9 Å². The monoisotopic (exact) mass is 440 g/mol. The molecule has 0 aromatic heterocycles. The van der Waals surface area contributed by atoms with Gasteiger partial charge in [0.2, 0.25) is 0 Å². The second-order valence-corrected chi connectivity index (χ2v) is 7.94. The Balaban J connectivity index is 2.10. The van der Waals surface area contributed by atoms with Crippen molar-refractivity contribution >= 4 is 29.9 Å². The minimum Gasteiger partial charge on any atom is -0.464 e. The molecule has 8 nitrogen and oxygen atoms in total. The predicted molar refractivity (Wildman–Crippen MR) is 121 cm³/mol. The van der Waals surface area contributed by atoms with E-state index in [-0.39, 0.29) is 12.3 Å². The van der Waals surface area contributed by atoms with Gasteiger partial charge in [0.1, 0.15) is 17.9 Å². The van der Waals surface area contributed by atoms with E-state index in [2.05, 4.69) is 10.6 Å². The second kappa shape index (κ2) is 11.0. The Morgan fingerprint density at radius 3 is 2.28 bits per heavy atom. The highest BCUT2D eigenvalue weighted by Crippen LogP contribution is 2.20. The fourth-order valence-electron chi connectivity index (χ4n) is 2.62. The van der Waals surface area contributed by atoms with Crippen LogP contribution in [0.4, 0.5) is 15.3 Å². The van der Waals surface area contributed by atoms with Crippen LogP contribution in [-0.4, -0.2) is 30.9 Å². The summed E-state index contributed by atoms with van der Waals surface area (Å²) >= 11 is 0. The second-order valence-electron chi connectivity index (χ2n) is 7.94. The quantitative estimate of drug-likeness (QED) is 0.381. The molecule has 8 heteroatoms. The summed E-state index contributed by atoms with van der Waals surface area (Å²) in [5.74, 6) is -0.727. The molecule has 2 aromatic rings. The number of amides is 2. The first-order chi connectivity index (χ1) is 15.1. The summed E-state index contributed by atoms with van der Waals surface area (Å²) in [6.45, 7) is 7.19. The number of hydrogen-bond acceptors (Lipinski definition) is 6. The maximum atomic E-state index is 12.2. The first-order valence-corrected chi connectivity index (χ1v) is 9.96. The molecule has 0 aliphatic heterocycles. The molecule has 170 valence electrons. The number of methoxy groups -OCH3 is 1. The number of anilines is 1. The number of hydrogen-bond donors (Lipinski definition) is 2. The van der Waals surface area contributed by atoms with Gasteiger partial charge in [-0.2, -0.15) is 0 Å². The zero-order chi connectivity index (χ0) is 23.7. The van der Waals surface area contributed by atoms with Crippen LogP contribution in [0.15, 0.2) is 54.2 Å². The van der Waals surface area contributed by atoms with Crippen molar-refractivity contribution < 1.29 is 28.6 Å². The van der Waals surface area contributed by atoms with E-state index in [1.807, 2.05) is 30.3 Å². The molecule has 0 saturated carbocycles. The molecule has 0 bridgehead atoms. The van der Waals surface area contributed by atoms with Gasteiger partial charge in [-0.05, 0) is 62.6 Å². The average molecular weight is 440 g/mol. The Kier molecular flexibility index (Phi) is 8.40. The van der Waals surface area contributed by atoms with Gasteiger partial charge in [0.25, 0.3) is 0 Å². The standard InChI is InChI=1S/C24H28N2O6/c1-16-13-18(11-12-19(16)25-23(29)32-24(2,3)4)14-20(21(27)30-5)26-22(28)31-15-17-9-7-6-8-10-17/h6-14H,15H2,1-5H3,(H,25,29)(H,26,28)/b20-14+. The Bertz CT molecular complexity index is 993. The maximum absolute atomic E-state index is 12.2. The number of alkyl carbamates (subject to hydrolysis) is 1. The lowest BCUT2D eigenvalue weighted by molar-refractivity contribution is -0.136. The van der Waals surface area contributed by atoms with Gasteiger partial charge in [-0.3, -0.25) is 10.6 Å². The van der Waals surface area contributed by atoms with E-state index < -0.39 is 23.8 Å². The van der Waals surface area contributed by atoms with E-state index in [0.29, 0.717) is 11.3 Å². The highest BCUT2D eigenvalue weighted by molar-refractivity contribution is 5.97. The molecule has 2 amide bonds. The topological polar surface area (TPSA) is 103 Å². The number of esters is 1. The molecule has 2 aromatic carbocycles. The zero-order valence-electron chi connectivity index (χ0n) is 18.9. The summed E-state index contributed by atoms with van der Waals surface area (Å²) in [6.07, 6.45) is 0.104. The lowest BCUT2D eigenvalue weighted by atomic mass is 10.1. The third-order valence-corrected chi connectivity index (χ3v) is 4.05. The van der Waals surface area contributed by atoms with Gasteiger partial charge in [0.15, 0.2) is 0 Å². The molecule has 0 spiro atoms. The van der Waals surface area contributed by atoms with Crippen molar-refractivity contribution in [1.29, 1.82) is 0 Å². The van der Waals surface area contributed by atoms with Crippen molar-refractivity contribution in [2.24, 2.45) is 0 Å². The van der Waals surface area contributed by atoms with E-state index in [9.17, 15) is 14.4 Å². The van der Waals surface area contributed by atoms with Gasteiger partial charge in [0, 0.05) is 5.69 Å². The summed E-state index contributed by atoms with van der Waals surface area (Å²) in [5, 5.41) is 5.10. The lowest BCUT2D eigenvalue weighted by Crippen LogP contribution is -2.28. The fourth-order valence-corrected chi connectivity index (χ4v) is 2.62. The summed E-state index contributed by atoms with van der Waals surface area (Å²) in [6, 6.07) is 14.3. The van der Waals surface area contributed by atoms with Gasteiger partial charge in [-0.1, -0.05) is 36.4 Å². The summed E-state index contributed by atoms with van der Waals surface area (Å²) in [4.78, 5) is 36.3. The van der Waals surface area contributed by atoms with Crippen LogP contribution in [-0.2, 0) is 25.6 Å². The normalized spacial score (nSPS) is 11.3. The molecule has 0 saturated heterocycles. The van der Waals surface area contributed by atoms with E-state index in [4.69, 9.17) is 14.2 Å². The number of ether oxygens (including phenoxy) is 3. The molecular formula is C24H28N2O6. The molecule has 0 aliphatic carbocycles. The zero-order valence-corrected chi connectivity index (χ0v) is 18.9. The van der Waals surface area contributed by atoms with Crippen LogP contribution < -0.4 is 10.6 Å². The molecule has 0 aliphatic rings. The number of benzene rings is 2. The van der Waals surface area contributed by atoms with Crippen molar-refractivity contribution in [3.63, 3.8) is 0 Å². The SMILES string of the molecule is COC(=O)/C(=C\c1ccc(NC(=O)OC(C)(C)C)c(C)c1)NC(=O)OCc1ccccc1. The van der Waals surface area contributed by atoms with Gasteiger partial charge in [-0.25, -0.2) is 14.4 Å². The minimum absolute atomic E-state index is 0.0608. The molecule has 0 fully saturated rings. The number of rotatable bonds is 6. The van der Waals surface area contributed by atoms with Crippen LogP contribution in [0.3, 0.4) is 0 Å². The predicted octanol–water partition coefficient (Wildman–Crippen LogP) is 4.78. The number of carbonyl (C=O) groups is 3. The van der Waals surface area contributed by atoms with Crippen molar-refractivity contribution in [3.05, 3.63) is 70.9 Å². The number of aryl methyl sites for hydroxylation is 1. The van der Waals surface area contributed by atoms with Crippen LogP contribution in [0.2, 0.25) is 0 Å². The highest BCUT2D eigenvalue weighted by Gasteiger charge is 2.17. The largest absolute Gasteiger partial charge is 0.464 e. The summed E-state index contributed by atoms with van der Waals surface area (Å²) in [5.41, 5.74) is 2.03. The van der Waals surface area contributed by atoms with Gasteiger partial charge in [0.05, 0.1) is 7.11 Å². The molecule has 0 heterocycles. The van der Waals surface area contributed by atoms with Gasteiger partial charge >= 0.3 is 18.2 Å². The smallest absolute Gasteiger partial charge is 0.412 e. The third kappa shape index (κ3) is 8.14. The van der Waals surface area contributed by atoms with Crippen LogP contribution in [0.25, 0.3) is 6.08 Å². The van der Waals surface area contributed by atoms with Crippen LogP contribution in [0.5, 0.6) is 0 Å². The Morgan fingerprint density at radius 1 is 1.00 bits per heavy atom. The molecule has 2 N–H and O–H groups in total. The highest BCUT2D eigenvalue weighted by atomic mass is 16.6. The van der Waals surface area contributed by atoms with Crippen LogP contribution in [0.1, 0.15) is 37.5 Å². The Hall–Kier alpha value is -3.81. The third-order valence-electron chi connectivity index (χ3n) is 4.05. The molecule has 32 heavy (non-hydrogen) atoms. The minimum atomic E-state index is -0.787. The molecule has 2 rings (SSSR count). The molecule has 0 radical (unpaired) electrons. The van der Waals surface area contributed by atoms with Gasteiger partial charge in [-0.15, -0.1) is 0 Å². The lowest BCUT2D eigenvalue weighted by Gasteiger charge is -2.20. The van der Waals surface area contributed by atoms with Crippen LogP contribution >= 0.6 is 0 Å². The Morgan fingerprint density at radius 2 is 1.69 bits per heavy atom. The first-order valence-electron chi connectivity index (χ1n) is 9.96. The average Bonchev–Trinajstić information content (AvgIpc) is 2.72. The summed E-state index contributed by atoms with van der Waals surface area (Å²) < 4.78 is 15.2. The van der Waals surface area contributed by atoms with E-state index >= 15 is 0 Å². The molecule has 0 atom stereocenters. The summed E-state index contributed by atoms with van der Waals surface area (Å²) in [7, 11) is 1.21. The first kappa shape index (κ1) is 24.5. The van der Waals surface area contributed by atoms with E-state index in [1.165, 1.54) is 13.2 Å². The molecule has 0 unspecified atom stereocenters.